The van der Waals surface area contributed by atoms with E-state index >= 15 is 0 Å². The van der Waals surface area contributed by atoms with Crippen LogP contribution in [0.2, 0.25) is 0 Å². The molecule has 24 heavy (non-hydrogen) atoms. The SMILES string of the molecule is CN(C)c1ccc2c(c1)Sc1cc(N(C)C)ccc1N2C(=O)NN. The number of nitrogens with zero attached hydrogens (tertiary/aromatic N) is 3. The maximum atomic E-state index is 12.4. The number of carbonyl (C=O) groups is 1. The Hall–Kier alpha value is -2.38. The molecule has 0 bridgehead atoms. The average molecular weight is 343 g/mol. The van der Waals surface area contributed by atoms with Crippen LogP contribution in [0.5, 0.6) is 0 Å². The molecule has 0 aromatic heterocycles. The quantitative estimate of drug-likeness (QED) is 0.498. The van der Waals surface area contributed by atoms with Crippen LogP contribution in [0.4, 0.5) is 27.5 Å². The van der Waals surface area contributed by atoms with Crippen molar-refractivity contribution in [1.29, 1.82) is 0 Å². The molecule has 2 aromatic rings. The number of urea groups is 1. The van der Waals surface area contributed by atoms with E-state index in [2.05, 4.69) is 17.6 Å². The first-order valence-corrected chi connectivity index (χ1v) is 8.35. The molecule has 0 saturated heterocycles. The van der Waals surface area contributed by atoms with Crippen molar-refractivity contribution in [3.63, 3.8) is 0 Å². The van der Waals surface area contributed by atoms with Crippen LogP contribution in [-0.4, -0.2) is 34.2 Å². The van der Waals surface area contributed by atoms with E-state index < -0.39 is 0 Å². The monoisotopic (exact) mass is 343 g/mol. The van der Waals surface area contributed by atoms with Gasteiger partial charge in [0.05, 0.1) is 11.4 Å². The number of nitrogens with two attached hydrogens (primary N) is 1. The first-order chi connectivity index (χ1) is 11.4. The lowest BCUT2D eigenvalue weighted by Gasteiger charge is -2.32. The lowest BCUT2D eigenvalue weighted by Crippen LogP contribution is -2.42. The van der Waals surface area contributed by atoms with Crippen molar-refractivity contribution in [3.05, 3.63) is 36.4 Å². The van der Waals surface area contributed by atoms with Gasteiger partial charge in [-0.1, -0.05) is 11.8 Å². The van der Waals surface area contributed by atoms with E-state index in [0.29, 0.717) is 0 Å². The maximum absolute atomic E-state index is 12.4. The Labute approximate surface area is 146 Å². The predicted molar refractivity (Wildman–Crippen MR) is 101 cm³/mol. The third-order valence-electron chi connectivity index (χ3n) is 3.95. The number of hydrazine groups is 1. The highest BCUT2D eigenvalue weighted by Crippen LogP contribution is 2.50. The molecule has 0 radical (unpaired) electrons. The van der Waals surface area contributed by atoms with Gasteiger partial charge in [0.1, 0.15) is 0 Å². The van der Waals surface area contributed by atoms with Gasteiger partial charge < -0.3 is 9.80 Å². The smallest absolute Gasteiger partial charge is 0.340 e. The molecule has 126 valence electrons. The number of rotatable bonds is 2. The van der Waals surface area contributed by atoms with Crippen molar-refractivity contribution in [2.24, 2.45) is 5.84 Å². The van der Waals surface area contributed by atoms with Crippen LogP contribution in [0.1, 0.15) is 0 Å². The van der Waals surface area contributed by atoms with Gasteiger partial charge >= 0.3 is 6.03 Å². The Balaban J connectivity index is 2.15. The highest BCUT2D eigenvalue weighted by molar-refractivity contribution is 7.99. The molecule has 3 N–H and O–H groups in total. The minimum atomic E-state index is -0.354. The Morgan fingerprint density at radius 2 is 1.42 bits per heavy atom. The average Bonchev–Trinajstić information content (AvgIpc) is 2.57. The molecule has 7 heteroatoms. The Bertz CT molecular complexity index is 733. The van der Waals surface area contributed by atoms with Crippen molar-refractivity contribution in [1.82, 2.24) is 5.43 Å². The molecular weight excluding hydrogens is 322 g/mol. The van der Waals surface area contributed by atoms with Crippen LogP contribution < -0.4 is 26.0 Å². The van der Waals surface area contributed by atoms with Crippen LogP contribution in [0, 0.1) is 0 Å². The molecule has 3 rings (SSSR count). The van der Waals surface area contributed by atoms with Crippen LogP contribution in [-0.2, 0) is 0 Å². The minimum absolute atomic E-state index is 0.354. The molecule has 0 aliphatic carbocycles. The Morgan fingerprint density at radius 3 is 1.79 bits per heavy atom. The second-order valence-corrected chi connectivity index (χ2v) is 7.06. The van der Waals surface area contributed by atoms with Crippen molar-refractivity contribution in [2.45, 2.75) is 9.79 Å². The van der Waals surface area contributed by atoms with Gasteiger partial charge in [0, 0.05) is 49.4 Å². The van der Waals surface area contributed by atoms with Gasteiger partial charge in [-0.3, -0.25) is 10.3 Å². The van der Waals surface area contributed by atoms with Crippen molar-refractivity contribution < 1.29 is 4.79 Å². The van der Waals surface area contributed by atoms with E-state index in [0.717, 1.165) is 32.5 Å². The molecule has 6 nitrogen and oxygen atoms in total. The van der Waals surface area contributed by atoms with Gasteiger partial charge in [0.15, 0.2) is 0 Å². The summed E-state index contributed by atoms with van der Waals surface area (Å²) in [5, 5.41) is 0. The zero-order chi connectivity index (χ0) is 17.4. The van der Waals surface area contributed by atoms with Crippen LogP contribution in [0.25, 0.3) is 0 Å². The molecular formula is C17H21N5OS. The van der Waals surface area contributed by atoms with Crippen molar-refractivity contribution >= 4 is 40.5 Å². The maximum Gasteiger partial charge on any atom is 0.340 e. The Morgan fingerprint density at radius 1 is 0.958 bits per heavy atom. The zero-order valence-electron chi connectivity index (χ0n) is 14.2. The third-order valence-corrected chi connectivity index (χ3v) is 5.04. The third kappa shape index (κ3) is 2.76. The van der Waals surface area contributed by atoms with E-state index in [1.165, 1.54) is 0 Å². The summed E-state index contributed by atoms with van der Waals surface area (Å²) in [7, 11) is 7.99. The number of amides is 2. The van der Waals surface area contributed by atoms with E-state index in [1.807, 2.05) is 62.3 Å². The summed E-state index contributed by atoms with van der Waals surface area (Å²) in [4.78, 5) is 20.1. The first kappa shape index (κ1) is 16.5. The fourth-order valence-electron chi connectivity index (χ4n) is 2.63. The molecule has 0 saturated carbocycles. The molecule has 0 unspecified atom stereocenters. The molecule has 0 atom stereocenters. The predicted octanol–water partition coefficient (Wildman–Crippen LogP) is 3.00. The Kier molecular flexibility index (Phi) is 4.29. The molecule has 1 aliphatic rings. The highest BCUT2D eigenvalue weighted by Gasteiger charge is 2.28. The van der Waals surface area contributed by atoms with Gasteiger partial charge in [-0.05, 0) is 36.4 Å². The van der Waals surface area contributed by atoms with Crippen molar-refractivity contribution in [2.75, 3.05) is 42.9 Å². The van der Waals surface area contributed by atoms with E-state index in [1.54, 1.807) is 16.7 Å². The lowest BCUT2D eigenvalue weighted by atomic mass is 10.2. The number of carbonyl (C=O) groups excluding carboxylic acids is 1. The topological polar surface area (TPSA) is 64.8 Å². The van der Waals surface area contributed by atoms with Gasteiger partial charge in [-0.25, -0.2) is 10.6 Å². The number of anilines is 4. The number of hydrogen-bond donors (Lipinski definition) is 2. The molecule has 1 heterocycles. The van der Waals surface area contributed by atoms with E-state index in [4.69, 9.17) is 5.84 Å². The van der Waals surface area contributed by atoms with Gasteiger partial charge in [0.25, 0.3) is 0 Å². The molecule has 2 aromatic carbocycles. The first-order valence-electron chi connectivity index (χ1n) is 7.53. The molecule has 0 spiro atoms. The fraction of sp³-hybridized carbons (Fsp3) is 0.235. The summed E-state index contributed by atoms with van der Waals surface area (Å²) in [6.45, 7) is 0. The second-order valence-electron chi connectivity index (χ2n) is 5.98. The fourth-order valence-corrected chi connectivity index (χ4v) is 3.75. The molecule has 0 fully saturated rings. The normalized spacial score (nSPS) is 12.3. The second kappa shape index (κ2) is 6.26. The molecule has 1 aliphatic heterocycles. The number of fused-ring (bicyclic) bond motifs is 2. The summed E-state index contributed by atoms with van der Waals surface area (Å²) in [5.74, 6) is 5.41. The van der Waals surface area contributed by atoms with Gasteiger partial charge in [-0.2, -0.15) is 0 Å². The zero-order valence-corrected chi connectivity index (χ0v) is 15.0. The standard InChI is InChI=1S/C17H21N5OS/c1-20(2)11-5-7-13-15(9-11)24-16-10-12(21(3)4)6-8-14(16)22(13)17(23)19-18/h5-10H,18H2,1-4H3,(H,19,23). The number of benzene rings is 2. The number of nitrogens with one attached hydrogen (secondary N) is 1. The van der Waals surface area contributed by atoms with Crippen LogP contribution >= 0.6 is 11.8 Å². The summed E-state index contributed by atoms with van der Waals surface area (Å²) < 4.78 is 0. The van der Waals surface area contributed by atoms with E-state index in [-0.39, 0.29) is 6.03 Å². The number of hydrogen-bond acceptors (Lipinski definition) is 5. The highest BCUT2D eigenvalue weighted by atomic mass is 32.2. The molecule has 2 amide bonds. The van der Waals surface area contributed by atoms with Gasteiger partial charge in [0.2, 0.25) is 0 Å². The summed E-state index contributed by atoms with van der Waals surface area (Å²) in [5.41, 5.74) is 6.08. The van der Waals surface area contributed by atoms with Crippen LogP contribution in [0.15, 0.2) is 46.2 Å². The lowest BCUT2D eigenvalue weighted by molar-refractivity contribution is 0.248. The summed E-state index contributed by atoms with van der Waals surface area (Å²) >= 11 is 1.66. The van der Waals surface area contributed by atoms with Crippen molar-refractivity contribution in [3.8, 4) is 0 Å². The minimum Gasteiger partial charge on any atom is -0.378 e. The van der Waals surface area contributed by atoms with Crippen LogP contribution in [0.3, 0.4) is 0 Å². The summed E-state index contributed by atoms with van der Waals surface area (Å²) in [6, 6.07) is 11.7. The van der Waals surface area contributed by atoms with Gasteiger partial charge in [-0.15, -0.1) is 0 Å². The summed E-state index contributed by atoms with van der Waals surface area (Å²) in [6.07, 6.45) is 0. The largest absolute Gasteiger partial charge is 0.378 e. The van der Waals surface area contributed by atoms with E-state index in [9.17, 15) is 4.79 Å².